The third kappa shape index (κ3) is 2.97. The van der Waals surface area contributed by atoms with Gasteiger partial charge in [0, 0.05) is 18.2 Å². The summed E-state index contributed by atoms with van der Waals surface area (Å²) in [7, 11) is 0. The topological polar surface area (TPSA) is 41.6 Å². The molecule has 0 bridgehead atoms. The quantitative estimate of drug-likeness (QED) is 0.902. The lowest BCUT2D eigenvalue weighted by molar-refractivity contribution is -0.146. The molecule has 1 amide bonds. The Kier molecular flexibility index (Phi) is 4.12. The lowest BCUT2D eigenvalue weighted by Gasteiger charge is -2.37. The van der Waals surface area contributed by atoms with E-state index >= 15 is 0 Å². The van der Waals surface area contributed by atoms with E-state index in [0.29, 0.717) is 13.1 Å². The molecular weight excluding hydrogens is 280 g/mol. The van der Waals surface area contributed by atoms with Gasteiger partial charge >= 0.3 is 0 Å². The van der Waals surface area contributed by atoms with Crippen LogP contribution in [0.3, 0.4) is 0 Å². The largest absolute Gasteiger partial charge is 0.367 e. The van der Waals surface area contributed by atoms with E-state index in [2.05, 4.69) is 22.1 Å². The number of carbonyl (C=O) groups is 1. The van der Waals surface area contributed by atoms with Crippen molar-refractivity contribution in [3.05, 3.63) is 22.4 Å². The monoisotopic (exact) mass is 298 g/mol. The third-order valence-electron chi connectivity index (χ3n) is 3.50. The number of carbonyl (C=O) groups excluding carboxylic acids is 1. The average Bonchev–Trinajstić information content (AvgIpc) is 3.10. The van der Waals surface area contributed by atoms with Crippen molar-refractivity contribution < 1.29 is 9.53 Å². The smallest absolute Gasteiger partial charge is 0.240 e. The molecule has 2 fully saturated rings. The van der Waals surface area contributed by atoms with Gasteiger partial charge in [0.25, 0.3) is 0 Å². The number of thioether (sulfide) groups is 1. The van der Waals surface area contributed by atoms with Gasteiger partial charge in [0.2, 0.25) is 5.91 Å². The standard InChI is InChI=1S/C13H18N2O2S2/c1-9-4-15(13(16)11-7-19-8-14-11)5-12(17-9)10-2-3-18-6-10/h2-3,6,9,11-12,14H,4-5,7-8H2,1H3/t9-,11+,12+/m1/s1. The van der Waals surface area contributed by atoms with Crippen LogP contribution in [0.25, 0.3) is 0 Å². The molecule has 1 N–H and O–H groups in total. The summed E-state index contributed by atoms with van der Waals surface area (Å²) in [6.45, 7) is 3.40. The molecule has 0 unspecified atom stereocenters. The van der Waals surface area contributed by atoms with Gasteiger partial charge in [-0.2, -0.15) is 11.3 Å². The zero-order valence-corrected chi connectivity index (χ0v) is 12.5. The molecular formula is C13H18N2O2S2. The van der Waals surface area contributed by atoms with Crippen LogP contribution in [-0.4, -0.2) is 47.7 Å². The molecule has 0 radical (unpaired) electrons. The van der Waals surface area contributed by atoms with Gasteiger partial charge in [0.15, 0.2) is 0 Å². The number of hydrogen-bond acceptors (Lipinski definition) is 5. The summed E-state index contributed by atoms with van der Waals surface area (Å²) >= 11 is 3.46. The molecule has 2 saturated heterocycles. The number of nitrogens with zero attached hydrogens (tertiary/aromatic N) is 1. The summed E-state index contributed by atoms with van der Waals surface area (Å²) < 4.78 is 5.96. The number of hydrogen-bond donors (Lipinski definition) is 1. The molecule has 104 valence electrons. The summed E-state index contributed by atoms with van der Waals surface area (Å²) in [6, 6.07) is 2.07. The van der Waals surface area contributed by atoms with E-state index in [-0.39, 0.29) is 24.2 Å². The van der Waals surface area contributed by atoms with E-state index in [9.17, 15) is 4.79 Å². The maximum absolute atomic E-state index is 12.5. The number of amides is 1. The molecule has 0 spiro atoms. The molecule has 3 rings (SSSR count). The van der Waals surface area contributed by atoms with Crippen LogP contribution in [0.4, 0.5) is 0 Å². The van der Waals surface area contributed by atoms with E-state index in [1.165, 1.54) is 5.56 Å². The molecule has 2 aliphatic heterocycles. The number of nitrogens with one attached hydrogen (secondary N) is 1. The highest BCUT2D eigenvalue weighted by Gasteiger charge is 2.34. The Morgan fingerprint density at radius 1 is 1.53 bits per heavy atom. The van der Waals surface area contributed by atoms with Crippen LogP contribution in [-0.2, 0) is 9.53 Å². The summed E-state index contributed by atoms with van der Waals surface area (Å²) in [4.78, 5) is 14.4. The average molecular weight is 298 g/mol. The molecule has 0 aliphatic carbocycles. The fourth-order valence-corrected chi connectivity index (χ4v) is 4.18. The third-order valence-corrected chi connectivity index (χ3v) is 5.14. The molecule has 4 nitrogen and oxygen atoms in total. The minimum atomic E-state index is -0.0153. The highest BCUT2D eigenvalue weighted by atomic mass is 32.2. The van der Waals surface area contributed by atoms with Crippen molar-refractivity contribution in [3.63, 3.8) is 0 Å². The van der Waals surface area contributed by atoms with Gasteiger partial charge in [-0.25, -0.2) is 0 Å². The van der Waals surface area contributed by atoms with Crippen molar-refractivity contribution in [2.75, 3.05) is 24.7 Å². The first-order valence-corrected chi connectivity index (χ1v) is 8.61. The molecule has 0 saturated carbocycles. The number of thiophene rings is 1. The predicted octanol–water partition coefficient (Wildman–Crippen LogP) is 1.70. The van der Waals surface area contributed by atoms with E-state index in [0.717, 1.165) is 11.6 Å². The zero-order chi connectivity index (χ0) is 13.2. The van der Waals surface area contributed by atoms with Crippen molar-refractivity contribution in [1.29, 1.82) is 0 Å². The first-order valence-electron chi connectivity index (χ1n) is 6.51. The van der Waals surface area contributed by atoms with E-state index in [1.807, 2.05) is 11.8 Å². The molecule has 3 heterocycles. The first-order chi connectivity index (χ1) is 9.24. The van der Waals surface area contributed by atoms with Gasteiger partial charge < -0.3 is 9.64 Å². The second kappa shape index (κ2) is 5.83. The van der Waals surface area contributed by atoms with Crippen LogP contribution < -0.4 is 5.32 Å². The van der Waals surface area contributed by atoms with Crippen molar-refractivity contribution in [2.45, 2.75) is 25.2 Å². The summed E-state index contributed by atoms with van der Waals surface area (Å²) in [5, 5.41) is 7.41. The van der Waals surface area contributed by atoms with E-state index in [1.54, 1.807) is 23.1 Å². The molecule has 1 aromatic heterocycles. The normalized spacial score (nSPS) is 31.6. The SMILES string of the molecule is C[C@@H]1CN(C(=O)[C@@H]2CSCN2)C[C@@H](c2ccsc2)O1. The highest BCUT2D eigenvalue weighted by Crippen LogP contribution is 2.27. The van der Waals surface area contributed by atoms with E-state index < -0.39 is 0 Å². The van der Waals surface area contributed by atoms with Gasteiger partial charge in [-0.15, -0.1) is 11.8 Å². The fourth-order valence-electron chi connectivity index (χ4n) is 2.55. The second-order valence-electron chi connectivity index (χ2n) is 5.01. The molecule has 1 aromatic rings. The predicted molar refractivity (Wildman–Crippen MR) is 78.4 cm³/mol. The van der Waals surface area contributed by atoms with E-state index in [4.69, 9.17) is 4.74 Å². The molecule has 6 heteroatoms. The maximum Gasteiger partial charge on any atom is 0.240 e. The van der Waals surface area contributed by atoms with Crippen molar-refractivity contribution in [2.24, 2.45) is 0 Å². The lowest BCUT2D eigenvalue weighted by Crippen LogP contribution is -2.52. The van der Waals surface area contributed by atoms with Gasteiger partial charge in [-0.1, -0.05) is 0 Å². The minimum Gasteiger partial charge on any atom is -0.367 e. The Labute approximate surface area is 121 Å². The molecule has 0 aromatic carbocycles. The van der Waals surface area contributed by atoms with Gasteiger partial charge in [-0.05, 0) is 29.3 Å². The summed E-state index contributed by atoms with van der Waals surface area (Å²) in [5.74, 6) is 1.98. The van der Waals surface area contributed by atoms with Gasteiger partial charge in [0.1, 0.15) is 6.10 Å². The van der Waals surface area contributed by atoms with Crippen LogP contribution in [0.1, 0.15) is 18.6 Å². The fraction of sp³-hybridized carbons (Fsp3) is 0.615. The Bertz CT molecular complexity index is 432. The Balaban J connectivity index is 1.69. The van der Waals surface area contributed by atoms with Gasteiger partial charge in [0.05, 0.1) is 18.7 Å². The molecule has 3 atom stereocenters. The zero-order valence-electron chi connectivity index (χ0n) is 10.9. The molecule has 2 aliphatic rings. The number of morpholine rings is 1. The van der Waals surface area contributed by atoms with Crippen molar-refractivity contribution >= 4 is 29.0 Å². The summed E-state index contributed by atoms with van der Waals surface area (Å²) in [5.41, 5.74) is 1.18. The number of rotatable bonds is 2. The Morgan fingerprint density at radius 2 is 2.42 bits per heavy atom. The molecule has 19 heavy (non-hydrogen) atoms. The van der Waals surface area contributed by atoms with Crippen molar-refractivity contribution in [3.8, 4) is 0 Å². The van der Waals surface area contributed by atoms with Crippen LogP contribution >= 0.6 is 23.1 Å². The van der Waals surface area contributed by atoms with Gasteiger partial charge in [-0.3, -0.25) is 10.1 Å². The van der Waals surface area contributed by atoms with Crippen LogP contribution in [0.5, 0.6) is 0 Å². The Hall–Kier alpha value is -0.560. The van der Waals surface area contributed by atoms with Crippen LogP contribution in [0.2, 0.25) is 0 Å². The summed E-state index contributed by atoms with van der Waals surface area (Å²) in [6.07, 6.45) is 0.115. The minimum absolute atomic E-state index is 0.0153. The second-order valence-corrected chi connectivity index (χ2v) is 6.82. The van der Waals surface area contributed by atoms with Crippen molar-refractivity contribution in [1.82, 2.24) is 10.2 Å². The van der Waals surface area contributed by atoms with Crippen LogP contribution in [0.15, 0.2) is 16.8 Å². The highest BCUT2D eigenvalue weighted by molar-refractivity contribution is 7.99. The Morgan fingerprint density at radius 3 is 3.11 bits per heavy atom. The van der Waals surface area contributed by atoms with Crippen LogP contribution in [0, 0.1) is 0 Å². The number of ether oxygens (including phenoxy) is 1. The lowest BCUT2D eigenvalue weighted by atomic mass is 10.1. The first kappa shape index (κ1) is 13.4. The maximum atomic E-state index is 12.5.